The number of pyridine rings is 1. The summed E-state index contributed by atoms with van der Waals surface area (Å²) in [6.07, 6.45) is 4.46. The number of fused-ring (bicyclic) bond motifs is 1. The van der Waals surface area contributed by atoms with Gasteiger partial charge in [0.1, 0.15) is 18.1 Å². The van der Waals surface area contributed by atoms with E-state index in [1.54, 1.807) is 6.07 Å². The molecule has 1 N–H and O–H groups in total. The number of hydrogen-bond acceptors (Lipinski definition) is 3. The lowest BCUT2D eigenvalue weighted by Gasteiger charge is -2.26. The Hall–Kier alpha value is -2.88. The summed E-state index contributed by atoms with van der Waals surface area (Å²) in [6, 6.07) is 19.9. The van der Waals surface area contributed by atoms with E-state index in [0.29, 0.717) is 12.3 Å². The lowest BCUT2D eigenvalue weighted by atomic mass is 9.87. The van der Waals surface area contributed by atoms with Crippen LogP contribution in [0.3, 0.4) is 0 Å². The van der Waals surface area contributed by atoms with E-state index in [9.17, 15) is 4.79 Å². The molecule has 1 aliphatic rings. The number of rotatable bonds is 5. The summed E-state index contributed by atoms with van der Waals surface area (Å²) < 4.78 is 6.01. The second-order valence-corrected chi connectivity index (χ2v) is 7.71. The fraction of sp³-hybridized carbons (Fsp3) is 0.333. The number of nitrogens with one attached hydrogen (secondary N) is 1. The number of carbonyl (C=O) groups excluding carboxylic acids is 1. The van der Waals surface area contributed by atoms with Gasteiger partial charge in [-0.3, -0.25) is 4.79 Å². The molecule has 1 heterocycles. The smallest absolute Gasteiger partial charge is 0.270 e. The molecule has 2 aromatic carbocycles. The van der Waals surface area contributed by atoms with Crippen molar-refractivity contribution >= 4 is 16.7 Å². The first-order valence-corrected chi connectivity index (χ1v) is 10.1. The Morgan fingerprint density at radius 2 is 1.75 bits per heavy atom. The van der Waals surface area contributed by atoms with Crippen LogP contribution in [0.4, 0.5) is 0 Å². The van der Waals surface area contributed by atoms with E-state index in [-0.39, 0.29) is 11.9 Å². The maximum atomic E-state index is 12.6. The first-order valence-electron chi connectivity index (χ1n) is 10.1. The van der Waals surface area contributed by atoms with Crippen LogP contribution in [0, 0.1) is 5.92 Å². The summed E-state index contributed by atoms with van der Waals surface area (Å²) in [5.41, 5.74) is 1.20. The average Bonchev–Trinajstić information content (AvgIpc) is 2.74. The van der Waals surface area contributed by atoms with Crippen LogP contribution in [0.25, 0.3) is 10.8 Å². The van der Waals surface area contributed by atoms with E-state index in [1.807, 2.05) is 42.5 Å². The third-order valence-electron chi connectivity index (χ3n) is 5.52. The molecular weight excluding hydrogens is 348 g/mol. The topological polar surface area (TPSA) is 51.2 Å². The Balaban J connectivity index is 1.41. The Morgan fingerprint density at radius 1 is 1.00 bits per heavy atom. The Kier molecular flexibility index (Phi) is 5.56. The van der Waals surface area contributed by atoms with Crippen molar-refractivity contribution in [3.8, 4) is 5.75 Å². The van der Waals surface area contributed by atoms with Gasteiger partial charge in [-0.15, -0.1) is 0 Å². The van der Waals surface area contributed by atoms with E-state index in [0.717, 1.165) is 41.0 Å². The molecule has 1 saturated carbocycles. The zero-order valence-electron chi connectivity index (χ0n) is 16.2. The largest absolute Gasteiger partial charge is 0.487 e. The van der Waals surface area contributed by atoms with Crippen molar-refractivity contribution in [3.05, 3.63) is 72.1 Å². The molecule has 0 spiro atoms. The van der Waals surface area contributed by atoms with Gasteiger partial charge in [0.05, 0.1) is 5.69 Å². The van der Waals surface area contributed by atoms with Crippen LogP contribution in [0.15, 0.2) is 60.7 Å². The van der Waals surface area contributed by atoms with E-state index >= 15 is 0 Å². The zero-order chi connectivity index (χ0) is 19.3. The van der Waals surface area contributed by atoms with Crippen LogP contribution in [0.2, 0.25) is 0 Å². The molecule has 4 rings (SSSR count). The Bertz CT molecular complexity index is 956. The van der Waals surface area contributed by atoms with Crippen molar-refractivity contribution in [2.24, 2.45) is 5.92 Å². The SMILES string of the molecule is CC1CCC(NC(=O)c2cccc(COc3cccc4ccccc34)n2)CC1. The predicted octanol–water partition coefficient (Wildman–Crippen LogP) is 5.12. The number of nitrogens with zero attached hydrogens (tertiary/aromatic N) is 1. The molecule has 3 aromatic rings. The van der Waals surface area contributed by atoms with Gasteiger partial charge in [0.25, 0.3) is 5.91 Å². The molecule has 4 nitrogen and oxygen atoms in total. The summed E-state index contributed by atoms with van der Waals surface area (Å²) in [4.78, 5) is 17.1. The minimum atomic E-state index is -0.0911. The van der Waals surface area contributed by atoms with Gasteiger partial charge in [-0.2, -0.15) is 0 Å². The van der Waals surface area contributed by atoms with Crippen LogP contribution in [0.1, 0.15) is 48.8 Å². The molecule has 0 radical (unpaired) electrons. The molecule has 1 fully saturated rings. The van der Waals surface area contributed by atoms with Crippen LogP contribution in [-0.4, -0.2) is 16.9 Å². The van der Waals surface area contributed by atoms with Gasteiger partial charge in [0.15, 0.2) is 0 Å². The van der Waals surface area contributed by atoms with Crippen molar-refractivity contribution in [3.63, 3.8) is 0 Å². The van der Waals surface area contributed by atoms with E-state index in [2.05, 4.69) is 29.4 Å². The van der Waals surface area contributed by atoms with Gasteiger partial charge in [-0.05, 0) is 55.2 Å². The number of benzene rings is 2. The van der Waals surface area contributed by atoms with E-state index in [4.69, 9.17) is 4.74 Å². The maximum Gasteiger partial charge on any atom is 0.270 e. The molecule has 0 aliphatic heterocycles. The summed E-state index contributed by atoms with van der Waals surface area (Å²) >= 11 is 0. The molecule has 0 saturated heterocycles. The first-order chi connectivity index (χ1) is 13.7. The maximum absolute atomic E-state index is 12.6. The van der Waals surface area contributed by atoms with Crippen molar-refractivity contribution in [1.82, 2.24) is 10.3 Å². The highest BCUT2D eigenvalue weighted by Crippen LogP contribution is 2.26. The second-order valence-electron chi connectivity index (χ2n) is 7.71. The quantitative estimate of drug-likeness (QED) is 0.674. The van der Waals surface area contributed by atoms with Gasteiger partial charge in [0, 0.05) is 11.4 Å². The molecule has 4 heteroatoms. The minimum absolute atomic E-state index is 0.0911. The highest BCUT2D eigenvalue weighted by atomic mass is 16.5. The van der Waals surface area contributed by atoms with Gasteiger partial charge in [-0.25, -0.2) is 4.98 Å². The fourth-order valence-corrected chi connectivity index (χ4v) is 3.82. The van der Waals surface area contributed by atoms with Crippen LogP contribution in [0.5, 0.6) is 5.75 Å². The number of aromatic nitrogens is 1. The predicted molar refractivity (Wildman–Crippen MR) is 111 cm³/mol. The van der Waals surface area contributed by atoms with Crippen LogP contribution < -0.4 is 10.1 Å². The standard InChI is InChI=1S/C24H26N2O2/c1-17-12-14-19(15-13-17)26-24(27)22-10-5-8-20(25-22)16-28-23-11-4-7-18-6-2-3-9-21(18)23/h2-11,17,19H,12-16H2,1H3,(H,26,27). The molecule has 0 unspecified atom stereocenters. The van der Waals surface area contributed by atoms with Crippen molar-refractivity contribution < 1.29 is 9.53 Å². The highest BCUT2D eigenvalue weighted by Gasteiger charge is 2.20. The number of ether oxygens (including phenoxy) is 1. The molecule has 1 aromatic heterocycles. The van der Waals surface area contributed by atoms with Gasteiger partial charge in [-0.1, -0.05) is 49.4 Å². The molecule has 1 amide bonds. The van der Waals surface area contributed by atoms with Gasteiger partial charge < -0.3 is 10.1 Å². The van der Waals surface area contributed by atoms with Crippen molar-refractivity contribution in [2.75, 3.05) is 0 Å². The number of carbonyl (C=O) groups is 1. The van der Waals surface area contributed by atoms with Gasteiger partial charge in [0.2, 0.25) is 0 Å². The van der Waals surface area contributed by atoms with Crippen molar-refractivity contribution in [2.45, 2.75) is 45.3 Å². The normalized spacial score (nSPS) is 19.3. The highest BCUT2D eigenvalue weighted by molar-refractivity contribution is 5.92. The zero-order valence-corrected chi connectivity index (χ0v) is 16.2. The van der Waals surface area contributed by atoms with E-state index in [1.165, 1.54) is 12.8 Å². The summed E-state index contributed by atoms with van der Waals surface area (Å²) in [5, 5.41) is 5.35. The summed E-state index contributed by atoms with van der Waals surface area (Å²) in [6.45, 7) is 2.61. The molecule has 0 atom stereocenters. The monoisotopic (exact) mass is 374 g/mol. The second kappa shape index (κ2) is 8.42. The summed E-state index contributed by atoms with van der Waals surface area (Å²) in [7, 11) is 0. The fourth-order valence-electron chi connectivity index (χ4n) is 3.82. The molecule has 144 valence electrons. The Morgan fingerprint density at radius 3 is 2.61 bits per heavy atom. The molecule has 28 heavy (non-hydrogen) atoms. The summed E-state index contributed by atoms with van der Waals surface area (Å²) in [5.74, 6) is 1.50. The number of amides is 1. The van der Waals surface area contributed by atoms with Crippen molar-refractivity contribution in [1.29, 1.82) is 0 Å². The van der Waals surface area contributed by atoms with Crippen LogP contribution >= 0.6 is 0 Å². The molecule has 1 aliphatic carbocycles. The van der Waals surface area contributed by atoms with E-state index < -0.39 is 0 Å². The Labute approximate surface area is 165 Å². The molecule has 0 bridgehead atoms. The van der Waals surface area contributed by atoms with Gasteiger partial charge >= 0.3 is 0 Å². The average molecular weight is 374 g/mol. The minimum Gasteiger partial charge on any atom is -0.487 e. The third kappa shape index (κ3) is 4.33. The lowest BCUT2D eigenvalue weighted by molar-refractivity contribution is 0.0917. The lowest BCUT2D eigenvalue weighted by Crippen LogP contribution is -2.37. The first kappa shape index (κ1) is 18.5. The van der Waals surface area contributed by atoms with Crippen LogP contribution in [-0.2, 0) is 6.61 Å². The third-order valence-corrected chi connectivity index (χ3v) is 5.52. The molecular formula is C24H26N2O2. The number of hydrogen-bond donors (Lipinski definition) is 1.